The molecule has 0 radical (unpaired) electrons. The Morgan fingerprint density at radius 2 is 1.78 bits per heavy atom. The first-order valence-corrected chi connectivity index (χ1v) is 9.55. The van der Waals surface area contributed by atoms with Gasteiger partial charge in [-0.2, -0.15) is 0 Å². The fourth-order valence-electron chi connectivity index (χ4n) is 3.84. The van der Waals surface area contributed by atoms with Crippen molar-refractivity contribution in [1.29, 1.82) is 0 Å². The zero-order chi connectivity index (χ0) is 18.6. The normalized spacial score (nSPS) is 19.0. The van der Waals surface area contributed by atoms with Crippen molar-refractivity contribution in [3.63, 3.8) is 0 Å². The van der Waals surface area contributed by atoms with Crippen molar-refractivity contribution in [1.82, 2.24) is 20.1 Å². The predicted octanol–water partition coefficient (Wildman–Crippen LogP) is 2.60. The lowest BCUT2D eigenvalue weighted by Crippen LogP contribution is -2.52. The van der Waals surface area contributed by atoms with Crippen LogP contribution in [0.4, 0.5) is 0 Å². The molecular formula is C21H26N4O2. The number of fused-ring (bicyclic) bond motifs is 1. The van der Waals surface area contributed by atoms with E-state index < -0.39 is 0 Å². The largest absolute Gasteiger partial charge is 0.396 e. The molecular weight excluding hydrogens is 340 g/mol. The monoisotopic (exact) mass is 366 g/mol. The van der Waals surface area contributed by atoms with E-state index in [-0.39, 0.29) is 6.61 Å². The Kier molecular flexibility index (Phi) is 5.48. The summed E-state index contributed by atoms with van der Waals surface area (Å²) in [6.45, 7) is 7.14. The summed E-state index contributed by atoms with van der Waals surface area (Å²) in [5.41, 5.74) is 5.43. The first kappa shape index (κ1) is 18.1. The highest BCUT2D eigenvalue weighted by Crippen LogP contribution is 2.20. The highest BCUT2D eigenvalue weighted by molar-refractivity contribution is 5.73. The Bertz CT molecular complexity index is 877. The van der Waals surface area contributed by atoms with Gasteiger partial charge in [0.1, 0.15) is 11.0 Å². The molecule has 142 valence electrons. The van der Waals surface area contributed by atoms with E-state index in [1.807, 2.05) is 12.1 Å². The van der Waals surface area contributed by atoms with E-state index in [2.05, 4.69) is 57.4 Å². The maximum Gasteiger partial charge on any atom is 0.135 e. The van der Waals surface area contributed by atoms with E-state index in [9.17, 15) is 5.11 Å². The van der Waals surface area contributed by atoms with Gasteiger partial charge in [-0.15, -0.1) is 0 Å². The number of hydrogen-bond donors (Lipinski definition) is 1. The Labute approximate surface area is 159 Å². The zero-order valence-corrected chi connectivity index (χ0v) is 15.7. The minimum absolute atomic E-state index is 0.222. The van der Waals surface area contributed by atoms with Crippen LogP contribution < -0.4 is 0 Å². The molecule has 27 heavy (non-hydrogen) atoms. The molecule has 1 saturated heterocycles. The molecule has 2 aromatic carbocycles. The van der Waals surface area contributed by atoms with Gasteiger partial charge < -0.3 is 5.11 Å². The van der Waals surface area contributed by atoms with E-state index in [0.717, 1.165) is 50.2 Å². The van der Waals surface area contributed by atoms with E-state index in [1.54, 1.807) is 0 Å². The second kappa shape index (κ2) is 8.17. The molecule has 0 saturated carbocycles. The van der Waals surface area contributed by atoms with E-state index in [1.165, 1.54) is 16.7 Å². The van der Waals surface area contributed by atoms with Gasteiger partial charge in [-0.25, -0.2) is 4.63 Å². The van der Waals surface area contributed by atoms with Crippen LogP contribution in [0.25, 0.3) is 11.0 Å². The molecule has 1 fully saturated rings. The lowest BCUT2D eigenvalue weighted by molar-refractivity contribution is 0.0500. The molecule has 0 unspecified atom stereocenters. The van der Waals surface area contributed by atoms with Crippen molar-refractivity contribution in [2.45, 2.75) is 32.5 Å². The van der Waals surface area contributed by atoms with Crippen molar-refractivity contribution in [2.75, 3.05) is 26.2 Å². The lowest BCUT2D eigenvalue weighted by Gasteiger charge is -2.41. The summed E-state index contributed by atoms with van der Waals surface area (Å²) >= 11 is 0. The number of piperazine rings is 1. The Hall–Kier alpha value is -2.28. The first-order valence-electron chi connectivity index (χ1n) is 9.55. The summed E-state index contributed by atoms with van der Waals surface area (Å²) in [6.07, 6.45) is 0.800. The van der Waals surface area contributed by atoms with E-state index >= 15 is 0 Å². The number of benzene rings is 2. The van der Waals surface area contributed by atoms with E-state index in [4.69, 9.17) is 4.63 Å². The average molecular weight is 366 g/mol. The molecule has 1 aliphatic rings. The van der Waals surface area contributed by atoms with Gasteiger partial charge in [0.05, 0.1) is 0 Å². The number of aromatic nitrogens is 2. The molecule has 1 aromatic heterocycles. The van der Waals surface area contributed by atoms with Crippen molar-refractivity contribution in [3.8, 4) is 0 Å². The highest BCUT2D eigenvalue weighted by atomic mass is 16.6. The topological polar surface area (TPSA) is 65.6 Å². The molecule has 6 heteroatoms. The SMILES string of the molecule is Cc1ccc(CN2CCN(Cc3ccc4nonc4c3)C[C@@H]2CCO)cc1. The second-order valence-corrected chi connectivity index (χ2v) is 7.44. The summed E-state index contributed by atoms with van der Waals surface area (Å²) in [7, 11) is 0. The zero-order valence-electron chi connectivity index (χ0n) is 15.7. The number of aryl methyl sites for hydroxylation is 1. The third-order valence-corrected chi connectivity index (χ3v) is 5.38. The Morgan fingerprint density at radius 1 is 1.00 bits per heavy atom. The first-order chi connectivity index (χ1) is 13.2. The molecule has 0 spiro atoms. The van der Waals surface area contributed by atoms with Crippen molar-refractivity contribution < 1.29 is 9.74 Å². The van der Waals surface area contributed by atoms with Gasteiger partial charge in [0.25, 0.3) is 0 Å². The van der Waals surface area contributed by atoms with Crippen LogP contribution in [0.3, 0.4) is 0 Å². The van der Waals surface area contributed by atoms with Crippen LogP contribution in [0, 0.1) is 6.92 Å². The summed E-state index contributed by atoms with van der Waals surface area (Å²) in [4.78, 5) is 4.96. The number of aliphatic hydroxyl groups excluding tert-OH is 1. The number of hydrogen-bond acceptors (Lipinski definition) is 6. The van der Waals surface area contributed by atoms with Gasteiger partial charge >= 0.3 is 0 Å². The van der Waals surface area contributed by atoms with Crippen LogP contribution >= 0.6 is 0 Å². The quantitative estimate of drug-likeness (QED) is 0.723. The van der Waals surface area contributed by atoms with Crippen molar-refractivity contribution in [2.24, 2.45) is 0 Å². The standard InChI is InChI=1S/C21H26N4O2/c1-16-2-4-17(5-3-16)14-25-10-9-24(15-19(25)8-11-26)13-18-6-7-20-21(12-18)23-27-22-20/h2-7,12,19,26H,8-11,13-15H2,1H3/t19-/m0/s1. The van der Waals surface area contributed by atoms with Gasteiger partial charge in [-0.3, -0.25) is 9.80 Å². The summed E-state index contributed by atoms with van der Waals surface area (Å²) in [5.74, 6) is 0. The second-order valence-electron chi connectivity index (χ2n) is 7.44. The Morgan fingerprint density at radius 3 is 2.59 bits per heavy atom. The summed E-state index contributed by atoms with van der Waals surface area (Å²) in [6, 6.07) is 15.2. The van der Waals surface area contributed by atoms with Gasteiger partial charge in [-0.1, -0.05) is 35.9 Å². The van der Waals surface area contributed by atoms with Crippen LogP contribution in [0.15, 0.2) is 47.1 Å². The van der Waals surface area contributed by atoms with Crippen molar-refractivity contribution in [3.05, 3.63) is 59.2 Å². The molecule has 0 amide bonds. The average Bonchev–Trinajstić information content (AvgIpc) is 3.14. The molecule has 4 rings (SSSR count). The molecule has 0 bridgehead atoms. The van der Waals surface area contributed by atoms with Crippen LogP contribution in [0.2, 0.25) is 0 Å². The molecule has 1 N–H and O–H groups in total. The fourth-order valence-corrected chi connectivity index (χ4v) is 3.84. The highest BCUT2D eigenvalue weighted by Gasteiger charge is 2.26. The van der Waals surface area contributed by atoms with Crippen LogP contribution in [-0.2, 0) is 13.1 Å². The summed E-state index contributed by atoms with van der Waals surface area (Å²) < 4.78 is 4.79. The van der Waals surface area contributed by atoms with Gasteiger partial charge in [0.2, 0.25) is 0 Å². The van der Waals surface area contributed by atoms with Gasteiger partial charge in [0, 0.05) is 45.4 Å². The molecule has 1 atom stereocenters. The van der Waals surface area contributed by atoms with Crippen molar-refractivity contribution >= 4 is 11.0 Å². The Balaban J connectivity index is 1.41. The molecule has 0 aliphatic carbocycles. The van der Waals surface area contributed by atoms with Gasteiger partial charge in [0.15, 0.2) is 0 Å². The third-order valence-electron chi connectivity index (χ3n) is 5.38. The molecule has 3 aromatic rings. The predicted molar refractivity (Wildman–Crippen MR) is 104 cm³/mol. The maximum absolute atomic E-state index is 9.54. The lowest BCUT2D eigenvalue weighted by atomic mass is 10.1. The maximum atomic E-state index is 9.54. The summed E-state index contributed by atoms with van der Waals surface area (Å²) in [5, 5.41) is 17.3. The molecule has 6 nitrogen and oxygen atoms in total. The van der Waals surface area contributed by atoms with E-state index in [0.29, 0.717) is 6.04 Å². The van der Waals surface area contributed by atoms with Crippen LogP contribution in [-0.4, -0.2) is 57.5 Å². The third kappa shape index (κ3) is 4.35. The minimum atomic E-state index is 0.222. The van der Waals surface area contributed by atoms with Crippen LogP contribution in [0.1, 0.15) is 23.1 Å². The number of rotatable bonds is 6. The van der Waals surface area contributed by atoms with Gasteiger partial charge in [-0.05, 0) is 46.9 Å². The minimum Gasteiger partial charge on any atom is -0.396 e. The molecule has 2 heterocycles. The smallest absolute Gasteiger partial charge is 0.135 e. The number of nitrogens with zero attached hydrogens (tertiary/aromatic N) is 4. The fraction of sp³-hybridized carbons (Fsp3) is 0.429. The number of aliphatic hydroxyl groups is 1. The van der Waals surface area contributed by atoms with Crippen LogP contribution in [0.5, 0.6) is 0 Å². The molecule has 1 aliphatic heterocycles.